The van der Waals surface area contributed by atoms with Crippen LogP contribution in [0.4, 0.5) is 0 Å². The Morgan fingerprint density at radius 1 is 1.46 bits per heavy atom. The van der Waals surface area contributed by atoms with Crippen LogP contribution in [0.5, 0.6) is 0 Å². The molecule has 0 spiro atoms. The first kappa shape index (κ1) is 9.70. The van der Waals surface area contributed by atoms with Crippen molar-refractivity contribution >= 4 is 5.91 Å². The van der Waals surface area contributed by atoms with Gasteiger partial charge in [-0.15, -0.1) is 0 Å². The normalized spacial score (nSPS) is 12.2. The van der Waals surface area contributed by atoms with Crippen molar-refractivity contribution < 1.29 is 4.79 Å². The van der Waals surface area contributed by atoms with Gasteiger partial charge in [0.25, 0.3) is 5.91 Å². The summed E-state index contributed by atoms with van der Waals surface area (Å²) in [6, 6.07) is 6.76. The lowest BCUT2D eigenvalue weighted by molar-refractivity contribution is -0.122. The highest BCUT2D eigenvalue weighted by Crippen LogP contribution is 2.14. The molecule has 1 aromatic rings. The first-order valence-electron chi connectivity index (χ1n) is 3.98. The van der Waals surface area contributed by atoms with E-state index in [0.29, 0.717) is 0 Å². The van der Waals surface area contributed by atoms with Gasteiger partial charge in [0.15, 0.2) is 0 Å². The number of carbonyl (C=O) groups is 1. The van der Waals surface area contributed by atoms with Crippen molar-refractivity contribution in [2.45, 2.75) is 13.0 Å². The molecule has 1 atom stereocenters. The monoisotopic (exact) mass is 179 g/mol. The lowest BCUT2D eigenvalue weighted by atomic mass is 10.0. The molecule has 0 heterocycles. The van der Waals surface area contributed by atoms with E-state index in [1.807, 2.05) is 36.6 Å². The summed E-state index contributed by atoms with van der Waals surface area (Å²) in [7, 11) is 0. The van der Waals surface area contributed by atoms with Crippen LogP contribution < -0.4 is 17.0 Å². The molecular weight excluding hydrogens is 166 g/mol. The van der Waals surface area contributed by atoms with Gasteiger partial charge < -0.3 is 5.73 Å². The number of hydrogen-bond acceptors (Lipinski definition) is 3. The topological polar surface area (TPSA) is 81.1 Å². The van der Waals surface area contributed by atoms with Gasteiger partial charge in [-0.25, -0.2) is 5.84 Å². The van der Waals surface area contributed by atoms with E-state index >= 15 is 0 Å². The van der Waals surface area contributed by atoms with Crippen molar-refractivity contribution in [2.24, 2.45) is 11.6 Å². The fraction of sp³-hybridized carbons (Fsp3) is 0.222. The fourth-order valence-corrected chi connectivity index (χ4v) is 1.17. The largest absolute Gasteiger partial charge is 0.316 e. The van der Waals surface area contributed by atoms with Gasteiger partial charge in [-0.2, -0.15) is 0 Å². The van der Waals surface area contributed by atoms with Gasteiger partial charge in [-0.3, -0.25) is 10.2 Å². The number of carbonyl (C=O) groups excluding carboxylic acids is 1. The molecule has 0 aromatic heterocycles. The zero-order valence-electron chi connectivity index (χ0n) is 7.45. The third kappa shape index (κ3) is 2.05. The molecule has 1 unspecified atom stereocenters. The van der Waals surface area contributed by atoms with Gasteiger partial charge in [-0.05, 0) is 18.1 Å². The Morgan fingerprint density at radius 2 is 2.08 bits per heavy atom. The molecule has 1 rings (SSSR count). The summed E-state index contributed by atoms with van der Waals surface area (Å²) in [5.74, 6) is 4.60. The van der Waals surface area contributed by atoms with E-state index in [9.17, 15) is 4.79 Å². The first-order chi connectivity index (χ1) is 6.16. The van der Waals surface area contributed by atoms with Gasteiger partial charge in [0.05, 0.1) is 0 Å². The molecule has 0 fully saturated rings. The molecule has 4 heteroatoms. The summed E-state index contributed by atoms with van der Waals surface area (Å²) in [6.07, 6.45) is 0. The molecule has 0 radical (unpaired) electrons. The number of aryl methyl sites for hydroxylation is 1. The summed E-state index contributed by atoms with van der Waals surface area (Å²) in [4.78, 5) is 11.1. The predicted molar refractivity (Wildman–Crippen MR) is 50.4 cm³/mol. The maximum atomic E-state index is 11.1. The van der Waals surface area contributed by atoms with Gasteiger partial charge >= 0.3 is 0 Å². The Labute approximate surface area is 76.9 Å². The van der Waals surface area contributed by atoms with E-state index in [1.54, 1.807) is 0 Å². The second kappa shape index (κ2) is 4.02. The van der Waals surface area contributed by atoms with Gasteiger partial charge in [-0.1, -0.05) is 24.3 Å². The highest BCUT2D eigenvalue weighted by Gasteiger charge is 2.15. The number of benzene rings is 1. The van der Waals surface area contributed by atoms with Crippen LogP contribution in [0.25, 0.3) is 0 Å². The van der Waals surface area contributed by atoms with Crippen LogP contribution in [0.15, 0.2) is 24.3 Å². The third-order valence-corrected chi connectivity index (χ3v) is 1.95. The minimum Gasteiger partial charge on any atom is -0.316 e. The van der Waals surface area contributed by atoms with Crippen LogP contribution in [0.3, 0.4) is 0 Å². The number of amides is 1. The standard InChI is InChI=1S/C9H13N3O/c1-6-4-2-3-5-7(6)8(10)9(13)12-11/h2-5,8H,10-11H2,1H3,(H,12,13). The summed E-state index contributed by atoms with van der Waals surface area (Å²) in [5.41, 5.74) is 9.47. The highest BCUT2D eigenvalue weighted by molar-refractivity contribution is 5.82. The van der Waals surface area contributed by atoms with Crippen molar-refractivity contribution in [3.63, 3.8) is 0 Å². The van der Waals surface area contributed by atoms with E-state index in [1.165, 1.54) is 0 Å². The number of nitrogens with one attached hydrogen (secondary N) is 1. The third-order valence-electron chi connectivity index (χ3n) is 1.95. The van der Waals surface area contributed by atoms with Crippen molar-refractivity contribution in [1.29, 1.82) is 0 Å². The number of hydrazine groups is 1. The van der Waals surface area contributed by atoms with Crippen molar-refractivity contribution in [3.8, 4) is 0 Å². The lowest BCUT2D eigenvalue weighted by Gasteiger charge is -2.12. The van der Waals surface area contributed by atoms with Crippen LogP contribution in [0.2, 0.25) is 0 Å². The quantitative estimate of drug-likeness (QED) is 0.339. The van der Waals surface area contributed by atoms with Gasteiger partial charge in [0, 0.05) is 0 Å². The number of nitrogens with two attached hydrogens (primary N) is 2. The van der Waals surface area contributed by atoms with Crippen LogP contribution in [0.1, 0.15) is 17.2 Å². The zero-order chi connectivity index (χ0) is 9.84. The van der Waals surface area contributed by atoms with E-state index in [2.05, 4.69) is 0 Å². The van der Waals surface area contributed by atoms with Crippen molar-refractivity contribution in [3.05, 3.63) is 35.4 Å². The van der Waals surface area contributed by atoms with E-state index in [4.69, 9.17) is 11.6 Å². The van der Waals surface area contributed by atoms with Gasteiger partial charge in [0.1, 0.15) is 6.04 Å². The van der Waals surface area contributed by atoms with Crippen LogP contribution in [0, 0.1) is 6.92 Å². The molecule has 13 heavy (non-hydrogen) atoms. The molecule has 4 nitrogen and oxygen atoms in total. The molecule has 0 saturated heterocycles. The van der Waals surface area contributed by atoms with Crippen molar-refractivity contribution in [1.82, 2.24) is 5.43 Å². The van der Waals surface area contributed by atoms with E-state index in [0.717, 1.165) is 11.1 Å². The van der Waals surface area contributed by atoms with Crippen molar-refractivity contribution in [2.75, 3.05) is 0 Å². The molecule has 0 saturated carbocycles. The molecule has 0 aliphatic heterocycles. The Hall–Kier alpha value is -1.39. The highest BCUT2D eigenvalue weighted by atomic mass is 16.2. The van der Waals surface area contributed by atoms with Gasteiger partial charge in [0.2, 0.25) is 0 Å². The maximum Gasteiger partial charge on any atom is 0.255 e. The SMILES string of the molecule is Cc1ccccc1C(N)C(=O)NN. The van der Waals surface area contributed by atoms with Crippen LogP contribution in [-0.4, -0.2) is 5.91 Å². The molecule has 0 aliphatic carbocycles. The number of hydrogen-bond donors (Lipinski definition) is 3. The van der Waals surface area contributed by atoms with Crippen LogP contribution >= 0.6 is 0 Å². The molecule has 1 aromatic carbocycles. The molecule has 0 aliphatic rings. The fourth-order valence-electron chi connectivity index (χ4n) is 1.17. The number of rotatable bonds is 2. The van der Waals surface area contributed by atoms with E-state index in [-0.39, 0.29) is 5.91 Å². The first-order valence-corrected chi connectivity index (χ1v) is 3.98. The summed E-state index contributed by atoms with van der Waals surface area (Å²) >= 11 is 0. The second-order valence-corrected chi connectivity index (χ2v) is 2.84. The molecule has 5 N–H and O–H groups in total. The lowest BCUT2D eigenvalue weighted by Crippen LogP contribution is -2.38. The summed E-state index contributed by atoms with van der Waals surface area (Å²) in [6.45, 7) is 1.90. The average molecular weight is 179 g/mol. The zero-order valence-corrected chi connectivity index (χ0v) is 7.45. The summed E-state index contributed by atoms with van der Waals surface area (Å²) < 4.78 is 0. The summed E-state index contributed by atoms with van der Waals surface area (Å²) in [5, 5.41) is 0. The Kier molecular flexibility index (Phi) is 3.00. The second-order valence-electron chi connectivity index (χ2n) is 2.84. The van der Waals surface area contributed by atoms with E-state index < -0.39 is 6.04 Å². The smallest absolute Gasteiger partial charge is 0.255 e. The maximum absolute atomic E-state index is 11.1. The molecule has 70 valence electrons. The predicted octanol–water partition coefficient (Wildman–Crippen LogP) is -0.0153. The van der Waals surface area contributed by atoms with Crippen LogP contribution in [-0.2, 0) is 4.79 Å². The average Bonchev–Trinajstić information content (AvgIpc) is 2.16. The minimum absolute atomic E-state index is 0.380. The Bertz CT molecular complexity index is 311. The molecular formula is C9H13N3O. The molecule has 1 amide bonds. The minimum atomic E-state index is -0.689. The Balaban J connectivity index is 2.95. The Morgan fingerprint density at radius 3 is 2.62 bits per heavy atom. The molecule has 0 bridgehead atoms.